The number of hydrogen-bond donors (Lipinski definition) is 1. The molecule has 0 unspecified atom stereocenters. The number of phenolic OH excluding ortho intramolecular Hbond substituents is 1. The summed E-state index contributed by atoms with van der Waals surface area (Å²) in [4.78, 5) is 27.3. The van der Waals surface area contributed by atoms with Crippen LogP contribution in [0.2, 0.25) is 0 Å². The number of ketones is 1. The number of nitro groups is 1. The van der Waals surface area contributed by atoms with Crippen molar-refractivity contribution in [3.63, 3.8) is 0 Å². The first kappa shape index (κ1) is 15.0. The first-order chi connectivity index (χ1) is 12.1. The lowest BCUT2D eigenvalue weighted by Gasteiger charge is -2.13. The zero-order chi connectivity index (χ0) is 17.6. The van der Waals surface area contributed by atoms with Gasteiger partial charge in [0.1, 0.15) is 5.75 Å². The Labute approximate surface area is 142 Å². The summed E-state index contributed by atoms with van der Waals surface area (Å²) in [5.41, 5.74) is 2.10. The van der Waals surface area contributed by atoms with Crippen LogP contribution in [0, 0.1) is 10.1 Å². The summed E-state index contributed by atoms with van der Waals surface area (Å²) in [6, 6.07) is 11.1. The van der Waals surface area contributed by atoms with E-state index in [1.54, 1.807) is 48.6 Å². The van der Waals surface area contributed by atoms with Gasteiger partial charge in [-0.05, 0) is 30.3 Å². The number of carbonyl (C=O) groups excluding carboxylic acids is 1. The molecule has 0 radical (unpaired) electrons. The molecule has 4 rings (SSSR count). The largest absolute Gasteiger partial charge is 0.507 e. The average Bonchev–Trinajstić information content (AvgIpc) is 2.61. The highest BCUT2D eigenvalue weighted by molar-refractivity contribution is 6.06. The molecule has 0 amide bonds. The quantitative estimate of drug-likeness (QED) is 0.563. The minimum Gasteiger partial charge on any atom is -0.507 e. The predicted octanol–water partition coefficient (Wildman–Crippen LogP) is 4.12. The molecular weight excluding hydrogens is 320 g/mol. The number of rotatable bonds is 2. The van der Waals surface area contributed by atoms with Crippen molar-refractivity contribution in [2.45, 2.75) is 6.42 Å². The van der Waals surface area contributed by atoms with Gasteiger partial charge >= 0.3 is 0 Å². The van der Waals surface area contributed by atoms with E-state index < -0.39 is 4.92 Å². The van der Waals surface area contributed by atoms with Gasteiger partial charge in [0.15, 0.2) is 5.78 Å². The second kappa shape index (κ2) is 5.52. The molecule has 0 saturated heterocycles. The van der Waals surface area contributed by atoms with Gasteiger partial charge < -0.3 is 5.11 Å². The zero-order valence-corrected chi connectivity index (χ0v) is 13.0. The topological polar surface area (TPSA) is 93.3 Å². The molecule has 1 aliphatic carbocycles. The Kier molecular flexibility index (Phi) is 3.32. The van der Waals surface area contributed by atoms with Gasteiger partial charge in [0, 0.05) is 29.0 Å². The highest BCUT2D eigenvalue weighted by Gasteiger charge is 2.21. The number of pyridine rings is 1. The van der Waals surface area contributed by atoms with Gasteiger partial charge in [0.05, 0.1) is 21.7 Å². The standard InChI is InChI=1S/C19H12N2O4/c22-18-7-3-5-15-13(18)10-14-16(20-15)9-8-12(19(14)23)11-4-1-2-6-17(11)21(24)25/h1-6,8-10,23H,7H2. The van der Waals surface area contributed by atoms with Crippen LogP contribution in [0.5, 0.6) is 5.75 Å². The number of carbonyl (C=O) groups is 1. The van der Waals surface area contributed by atoms with E-state index in [0.29, 0.717) is 39.7 Å². The SMILES string of the molecule is O=C1CC=Cc2nc3ccc(-c4ccccc4[N+](=O)[O-])c(O)c3cc21. The summed E-state index contributed by atoms with van der Waals surface area (Å²) >= 11 is 0. The van der Waals surface area contributed by atoms with Crippen LogP contribution >= 0.6 is 0 Å². The summed E-state index contributed by atoms with van der Waals surface area (Å²) in [7, 11) is 0. The van der Waals surface area contributed by atoms with Crippen LogP contribution in [0.3, 0.4) is 0 Å². The molecule has 1 aliphatic rings. The highest BCUT2D eigenvalue weighted by atomic mass is 16.6. The van der Waals surface area contributed by atoms with E-state index in [4.69, 9.17) is 0 Å². The fraction of sp³-hybridized carbons (Fsp3) is 0.0526. The molecule has 3 aromatic rings. The van der Waals surface area contributed by atoms with Crippen LogP contribution in [0.1, 0.15) is 22.5 Å². The van der Waals surface area contributed by atoms with Crippen LogP contribution < -0.4 is 0 Å². The molecule has 6 nitrogen and oxygen atoms in total. The molecule has 0 bridgehead atoms. The average molecular weight is 332 g/mol. The number of aromatic nitrogens is 1. The third kappa shape index (κ3) is 2.35. The monoisotopic (exact) mass is 332 g/mol. The molecule has 1 aromatic heterocycles. The summed E-state index contributed by atoms with van der Waals surface area (Å²) in [5.74, 6) is -0.188. The second-order valence-corrected chi connectivity index (χ2v) is 5.75. The number of nitro benzene ring substituents is 1. The minimum absolute atomic E-state index is 0.0672. The molecule has 2 aromatic carbocycles. The lowest BCUT2D eigenvalue weighted by Crippen LogP contribution is -2.06. The number of allylic oxidation sites excluding steroid dienone is 1. The third-order valence-electron chi connectivity index (χ3n) is 4.27. The molecule has 0 aliphatic heterocycles. The fourth-order valence-electron chi connectivity index (χ4n) is 3.06. The van der Waals surface area contributed by atoms with Crippen LogP contribution in [0.25, 0.3) is 28.1 Å². The van der Waals surface area contributed by atoms with Crippen LogP contribution in [-0.2, 0) is 0 Å². The van der Waals surface area contributed by atoms with E-state index in [-0.39, 0.29) is 17.2 Å². The molecule has 6 heteroatoms. The van der Waals surface area contributed by atoms with Crippen molar-refractivity contribution in [2.75, 3.05) is 0 Å². The van der Waals surface area contributed by atoms with E-state index in [2.05, 4.69) is 4.98 Å². The molecule has 1 N–H and O–H groups in total. The molecule has 0 spiro atoms. The van der Waals surface area contributed by atoms with Crippen molar-refractivity contribution in [2.24, 2.45) is 0 Å². The Hall–Kier alpha value is -3.54. The summed E-state index contributed by atoms with van der Waals surface area (Å²) in [5, 5.41) is 22.4. The molecular formula is C19H12N2O4. The predicted molar refractivity (Wildman–Crippen MR) is 93.5 cm³/mol. The number of benzene rings is 2. The van der Waals surface area contributed by atoms with Crippen LogP contribution in [0.4, 0.5) is 5.69 Å². The Morgan fingerprint density at radius 2 is 1.88 bits per heavy atom. The molecule has 25 heavy (non-hydrogen) atoms. The van der Waals surface area contributed by atoms with Gasteiger partial charge in [-0.25, -0.2) is 4.98 Å². The summed E-state index contributed by atoms with van der Waals surface area (Å²) < 4.78 is 0. The number of para-hydroxylation sites is 1. The first-order valence-electron chi connectivity index (χ1n) is 7.66. The van der Waals surface area contributed by atoms with E-state index in [9.17, 15) is 20.0 Å². The van der Waals surface area contributed by atoms with Gasteiger partial charge in [-0.3, -0.25) is 14.9 Å². The van der Waals surface area contributed by atoms with Gasteiger partial charge in [-0.2, -0.15) is 0 Å². The van der Waals surface area contributed by atoms with E-state index in [1.807, 2.05) is 0 Å². The van der Waals surface area contributed by atoms with Crippen molar-refractivity contribution in [1.82, 2.24) is 4.98 Å². The van der Waals surface area contributed by atoms with E-state index in [1.165, 1.54) is 6.07 Å². The summed E-state index contributed by atoms with van der Waals surface area (Å²) in [6.07, 6.45) is 3.83. The lowest BCUT2D eigenvalue weighted by atomic mass is 9.95. The third-order valence-corrected chi connectivity index (χ3v) is 4.27. The van der Waals surface area contributed by atoms with E-state index in [0.717, 1.165) is 0 Å². The van der Waals surface area contributed by atoms with Crippen LogP contribution in [0.15, 0.2) is 48.5 Å². The van der Waals surface area contributed by atoms with Gasteiger partial charge in [0.25, 0.3) is 5.69 Å². The fourth-order valence-corrected chi connectivity index (χ4v) is 3.06. The number of nitrogens with zero attached hydrogens (tertiary/aromatic N) is 2. The minimum atomic E-state index is -0.488. The van der Waals surface area contributed by atoms with Crippen molar-refractivity contribution < 1.29 is 14.8 Å². The number of fused-ring (bicyclic) bond motifs is 2. The Bertz CT molecular complexity index is 1090. The van der Waals surface area contributed by atoms with Gasteiger partial charge in [0.2, 0.25) is 0 Å². The number of aromatic hydroxyl groups is 1. The van der Waals surface area contributed by atoms with Crippen molar-refractivity contribution in [3.8, 4) is 16.9 Å². The molecule has 0 saturated carbocycles. The Balaban J connectivity index is 1.99. The molecule has 0 atom stereocenters. The maximum Gasteiger partial charge on any atom is 0.277 e. The highest BCUT2D eigenvalue weighted by Crippen LogP contribution is 2.40. The molecule has 122 valence electrons. The smallest absolute Gasteiger partial charge is 0.277 e. The molecule has 0 fully saturated rings. The van der Waals surface area contributed by atoms with E-state index >= 15 is 0 Å². The Morgan fingerprint density at radius 1 is 1.08 bits per heavy atom. The maximum atomic E-state index is 12.1. The van der Waals surface area contributed by atoms with Gasteiger partial charge in [-0.1, -0.05) is 18.2 Å². The number of hydrogen-bond acceptors (Lipinski definition) is 5. The first-order valence-corrected chi connectivity index (χ1v) is 7.66. The molecule has 1 heterocycles. The Morgan fingerprint density at radius 3 is 2.68 bits per heavy atom. The lowest BCUT2D eigenvalue weighted by molar-refractivity contribution is -0.384. The van der Waals surface area contributed by atoms with Crippen molar-refractivity contribution in [1.29, 1.82) is 0 Å². The second-order valence-electron chi connectivity index (χ2n) is 5.75. The number of phenols is 1. The summed E-state index contributed by atoms with van der Waals surface area (Å²) in [6.45, 7) is 0. The van der Waals surface area contributed by atoms with Crippen LogP contribution in [-0.4, -0.2) is 20.8 Å². The number of Topliss-reactive ketones (excluding diaryl/α,β-unsaturated/α-hetero) is 1. The van der Waals surface area contributed by atoms with Crippen molar-refractivity contribution in [3.05, 3.63) is 69.9 Å². The zero-order valence-electron chi connectivity index (χ0n) is 13.0. The van der Waals surface area contributed by atoms with Crippen molar-refractivity contribution >= 4 is 28.4 Å². The maximum absolute atomic E-state index is 12.1. The van der Waals surface area contributed by atoms with Gasteiger partial charge in [-0.15, -0.1) is 0 Å². The normalized spacial score (nSPS) is 13.0.